The number of aromatic nitrogens is 3. The summed E-state index contributed by atoms with van der Waals surface area (Å²) in [6.07, 6.45) is -1.78. The standard InChI is InChI=1S/C22H25N5O5S.ClH/c28-6-11-5-13(17(30)16(11)29)23-18-15(20-24-12-3-1-2-4-14(12)33-20)19(31)26-21(25-18)27-7-22(8-27)9-32-10-22;/h1-4,11,13,16-17,28-30H,5-10H2,(H2,23,25,26,31);1H/t11-,13-,16-,17+;/m1./s1. The van der Waals surface area contributed by atoms with Gasteiger partial charge in [-0.1, -0.05) is 12.1 Å². The fourth-order valence-corrected chi connectivity index (χ4v) is 6.01. The molecule has 6 rings (SSSR count). The van der Waals surface area contributed by atoms with Crippen molar-refractivity contribution in [3.63, 3.8) is 0 Å². The number of hydrogen-bond acceptors (Lipinski definition) is 10. The Bertz CT molecular complexity index is 1220. The van der Waals surface area contributed by atoms with E-state index in [1.807, 2.05) is 29.2 Å². The Morgan fingerprint density at radius 2 is 1.97 bits per heavy atom. The van der Waals surface area contributed by atoms with E-state index in [0.717, 1.165) is 36.5 Å². The van der Waals surface area contributed by atoms with Gasteiger partial charge in [0.1, 0.15) is 22.5 Å². The monoisotopic (exact) mass is 507 g/mol. The summed E-state index contributed by atoms with van der Waals surface area (Å²) in [7, 11) is 0. The van der Waals surface area contributed by atoms with Crippen molar-refractivity contribution in [2.75, 3.05) is 43.1 Å². The van der Waals surface area contributed by atoms with Gasteiger partial charge in [-0.05, 0) is 18.6 Å². The van der Waals surface area contributed by atoms with Crippen LogP contribution in [0.25, 0.3) is 20.8 Å². The first-order valence-corrected chi connectivity index (χ1v) is 11.8. The second-order valence-electron chi connectivity index (χ2n) is 9.36. The van der Waals surface area contributed by atoms with Crippen LogP contribution >= 0.6 is 23.7 Å². The summed E-state index contributed by atoms with van der Waals surface area (Å²) in [6.45, 7) is 2.72. The molecule has 34 heavy (non-hydrogen) atoms. The Labute approximate surface area is 205 Å². The third-order valence-electron chi connectivity index (χ3n) is 6.94. The van der Waals surface area contributed by atoms with E-state index in [2.05, 4.69) is 15.3 Å². The predicted molar refractivity (Wildman–Crippen MR) is 131 cm³/mol. The molecule has 3 aliphatic rings. The van der Waals surface area contributed by atoms with Crippen LogP contribution in [0.4, 0.5) is 11.8 Å². The van der Waals surface area contributed by atoms with Gasteiger partial charge in [0.15, 0.2) is 0 Å². The van der Waals surface area contributed by atoms with Crippen LogP contribution in [-0.4, -0.2) is 81.4 Å². The average Bonchev–Trinajstić information content (AvgIpc) is 3.27. The molecule has 2 aliphatic heterocycles. The molecule has 3 fully saturated rings. The van der Waals surface area contributed by atoms with Crippen molar-refractivity contribution in [1.29, 1.82) is 0 Å². The van der Waals surface area contributed by atoms with Crippen molar-refractivity contribution in [2.24, 2.45) is 11.3 Å². The molecule has 0 amide bonds. The van der Waals surface area contributed by atoms with Crippen molar-refractivity contribution >= 4 is 45.7 Å². The van der Waals surface area contributed by atoms with Crippen LogP contribution < -0.4 is 15.8 Å². The molecule has 10 nitrogen and oxygen atoms in total. The molecule has 3 aromatic rings. The summed E-state index contributed by atoms with van der Waals surface area (Å²) in [5.41, 5.74) is 0.923. The number of hydrogen-bond donors (Lipinski definition) is 5. The van der Waals surface area contributed by atoms with Crippen LogP contribution in [0.3, 0.4) is 0 Å². The third kappa shape index (κ3) is 3.76. The maximum absolute atomic E-state index is 13.3. The highest BCUT2D eigenvalue weighted by Gasteiger charge is 2.50. The van der Waals surface area contributed by atoms with Crippen LogP contribution in [0.2, 0.25) is 0 Å². The van der Waals surface area contributed by atoms with Gasteiger partial charge < -0.3 is 30.3 Å². The zero-order valence-electron chi connectivity index (χ0n) is 18.2. The number of rotatable bonds is 5. The molecule has 4 heterocycles. The van der Waals surface area contributed by atoms with Gasteiger partial charge in [0.05, 0.1) is 41.0 Å². The molecule has 0 unspecified atom stereocenters. The SMILES string of the molecule is Cl.O=c1[nH]c(N2CC3(COC3)C2)nc(N[C@@H]2C[C@H](CO)[C@@H](O)[C@H]2O)c1-c1nc2ccccc2s1. The fourth-order valence-electron chi connectivity index (χ4n) is 5.00. The van der Waals surface area contributed by atoms with Crippen LogP contribution in [0.1, 0.15) is 6.42 Å². The maximum Gasteiger partial charge on any atom is 0.264 e. The summed E-state index contributed by atoms with van der Waals surface area (Å²) in [5, 5.41) is 34.0. The number of para-hydroxylation sites is 1. The highest BCUT2D eigenvalue weighted by atomic mass is 35.5. The lowest BCUT2D eigenvalue weighted by molar-refractivity contribution is -0.127. The Balaban J connectivity index is 0.00000241. The Kier molecular flexibility index (Phi) is 6.03. The zero-order chi connectivity index (χ0) is 22.7. The molecule has 1 spiro atoms. The molecule has 1 aliphatic carbocycles. The van der Waals surface area contributed by atoms with Gasteiger partial charge in [0.25, 0.3) is 5.56 Å². The number of nitrogens with one attached hydrogen (secondary N) is 2. The number of ether oxygens (including phenoxy) is 1. The lowest BCUT2D eigenvalue weighted by atomic mass is 9.78. The summed E-state index contributed by atoms with van der Waals surface area (Å²) in [6, 6.07) is 7.09. The number of thiazole rings is 1. The molecule has 0 radical (unpaired) electrons. The van der Waals surface area contributed by atoms with E-state index in [1.165, 1.54) is 11.3 Å². The van der Waals surface area contributed by atoms with Gasteiger partial charge in [-0.2, -0.15) is 4.98 Å². The number of halogens is 1. The molecular formula is C22H26ClN5O5S. The fraction of sp³-hybridized carbons (Fsp3) is 0.500. The minimum atomic E-state index is -1.09. The molecule has 4 atom stereocenters. The normalized spacial score (nSPS) is 27.3. The number of aromatic amines is 1. The van der Waals surface area contributed by atoms with E-state index in [4.69, 9.17) is 9.72 Å². The molecule has 2 aromatic heterocycles. The second-order valence-corrected chi connectivity index (χ2v) is 10.4. The van der Waals surface area contributed by atoms with Crippen molar-refractivity contribution in [3.8, 4) is 10.6 Å². The summed E-state index contributed by atoms with van der Waals surface area (Å²) in [4.78, 5) is 27.6. The van der Waals surface area contributed by atoms with E-state index in [0.29, 0.717) is 28.8 Å². The Morgan fingerprint density at radius 1 is 1.21 bits per heavy atom. The first kappa shape index (κ1) is 23.5. The number of aliphatic hydroxyl groups excluding tert-OH is 3. The minimum absolute atomic E-state index is 0. The van der Waals surface area contributed by atoms with Gasteiger partial charge in [-0.15, -0.1) is 23.7 Å². The van der Waals surface area contributed by atoms with Crippen molar-refractivity contribution in [2.45, 2.75) is 24.7 Å². The lowest BCUT2D eigenvalue weighted by Gasteiger charge is -2.55. The number of H-pyrrole nitrogens is 1. The molecular weight excluding hydrogens is 482 g/mol. The van der Waals surface area contributed by atoms with Crippen LogP contribution in [0.5, 0.6) is 0 Å². The van der Waals surface area contributed by atoms with Gasteiger partial charge in [-0.3, -0.25) is 9.78 Å². The second kappa shape index (κ2) is 8.74. The number of aliphatic hydroxyl groups is 3. The summed E-state index contributed by atoms with van der Waals surface area (Å²) in [5.74, 6) is 0.323. The number of fused-ring (bicyclic) bond motifs is 1. The maximum atomic E-state index is 13.3. The van der Waals surface area contributed by atoms with Crippen molar-refractivity contribution in [3.05, 3.63) is 34.6 Å². The molecule has 1 saturated carbocycles. The van der Waals surface area contributed by atoms with Crippen LogP contribution in [0, 0.1) is 11.3 Å². The first-order valence-electron chi connectivity index (χ1n) is 11.0. The topological polar surface area (TPSA) is 144 Å². The number of nitrogens with zero attached hydrogens (tertiary/aromatic N) is 3. The van der Waals surface area contributed by atoms with Gasteiger partial charge in [0, 0.05) is 25.6 Å². The van der Waals surface area contributed by atoms with Crippen LogP contribution in [0.15, 0.2) is 29.1 Å². The van der Waals surface area contributed by atoms with E-state index < -0.39 is 24.2 Å². The Morgan fingerprint density at radius 3 is 2.62 bits per heavy atom. The van der Waals surface area contributed by atoms with E-state index in [-0.39, 0.29) is 30.0 Å². The van der Waals surface area contributed by atoms with Crippen molar-refractivity contribution in [1.82, 2.24) is 15.0 Å². The highest BCUT2D eigenvalue weighted by molar-refractivity contribution is 7.21. The smallest absolute Gasteiger partial charge is 0.264 e. The minimum Gasteiger partial charge on any atom is -0.396 e. The summed E-state index contributed by atoms with van der Waals surface area (Å²) < 4.78 is 6.29. The molecule has 182 valence electrons. The number of benzene rings is 1. The quantitative estimate of drug-likeness (QED) is 0.339. The van der Waals surface area contributed by atoms with E-state index in [9.17, 15) is 20.1 Å². The third-order valence-corrected chi connectivity index (χ3v) is 8.00. The largest absolute Gasteiger partial charge is 0.396 e. The van der Waals surface area contributed by atoms with Crippen LogP contribution in [-0.2, 0) is 4.74 Å². The first-order chi connectivity index (χ1) is 16.0. The molecule has 1 aromatic carbocycles. The molecule has 2 saturated heterocycles. The van der Waals surface area contributed by atoms with Gasteiger partial charge in [-0.25, -0.2) is 4.98 Å². The zero-order valence-corrected chi connectivity index (χ0v) is 19.8. The highest BCUT2D eigenvalue weighted by Crippen LogP contribution is 2.40. The molecule has 0 bridgehead atoms. The van der Waals surface area contributed by atoms with E-state index >= 15 is 0 Å². The number of anilines is 2. The predicted octanol–water partition coefficient (Wildman–Crippen LogP) is 0.820. The van der Waals surface area contributed by atoms with Gasteiger partial charge in [0.2, 0.25) is 5.95 Å². The average molecular weight is 508 g/mol. The Hall–Kier alpha value is -2.28. The molecule has 5 N–H and O–H groups in total. The van der Waals surface area contributed by atoms with Gasteiger partial charge >= 0.3 is 0 Å². The lowest BCUT2D eigenvalue weighted by Crippen LogP contribution is -2.66. The molecule has 12 heteroatoms. The van der Waals surface area contributed by atoms with E-state index in [1.54, 1.807) is 0 Å². The van der Waals surface area contributed by atoms with Crippen molar-refractivity contribution < 1.29 is 20.1 Å². The summed E-state index contributed by atoms with van der Waals surface area (Å²) >= 11 is 1.40.